The van der Waals surface area contributed by atoms with Crippen LogP contribution >= 0.6 is 27.5 Å². The summed E-state index contributed by atoms with van der Waals surface area (Å²) in [7, 11) is -2.74. The predicted molar refractivity (Wildman–Crippen MR) is 161 cm³/mol. The van der Waals surface area contributed by atoms with Crippen molar-refractivity contribution < 1.29 is 22.7 Å². The van der Waals surface area contributed by atoms with Crippen LogP contribution in [0.1, 0.15) is 31.4 Å². The molecular formula is C29H33BrClN3O5S. The van der Waals surface area contributed by atoms with Gasteiger partial charge in [0.1, 0.15) is 18.3 Å². The Morgan fingerprint density at radius 3 is 2.38 bits per heavy atom. The first kappa shape index (κ1) is 31.4. The molecule has 214 valence electrons. The normalized spacial score (nSPS) is 11.9. The standard InChI is InChI=1S/C29H33BrClN3O5S/c1-5-15-32-29(36)21(3)33(18-22-7-6-8-23(30)16-22)28(35)19-34(24-11-14-27(39-4)26(31)17-24)40(37,38)25-12-9-20(2)10-13-25/h6-14,16-17,21H,5,15,18-19H2,1-4H3,(H,32,36)/t21-/m1/s1. The lowest BCUT2D eigenvalue weighted by molar-refractivity contribution is -0.139. The van der Waals surface area contributed by atoms with E-state index in [4.69, 9.17) is 16.3 Å². The van der Waals surface area contributed by atoms with Crippen LogP contribution in [-0.4, -0.2) is 51.4 Å². The van der Waals surface area contributed by atoms with E-state index in [1.165, 1.54) is 36.3 Å². The maximum absolute atomic E-state index is 13.9. The van der Waals surface area contributed by atoms with E-state index in [1.54, 1.807) is 25.1 Å². The zero-order valence-corrected chi connectivity index (χ0v) is 26.0. The molecule has 0 aliphatic heterocycles. The first-order valence-electron chi connectivity index (χ1n) is 12.7. The largest absolute Gasteiger partial charge is 0.495 e. The Balaban J connectivity index is 2.06. The highest BCUT2D eigenvalue weighted by Gasteiger charge is 2.32. The smallest absolute Gasteiger partial charge is 0.264 e. The molecule has 11 heteroatoms. The number of aryl methyl sites for hydroxylation is 1. The Bertz CT molecular complexity index is 1450. The van der Waals surface area contributed by atoms with Crippen LogP contribution in [0, 0.1) is 6.92 Å². The molecule has 0 saturated heterocycles. The first-order valence-corrected chi connectivity index (χ1v) is 15.3. The average molecular weight is 651 g/mol. The number of ether oxygens (including phenoxy) is 1. The fraction of sp³-hybridized carbons (Fsp3) is 0.310. The molecule has 1 atom stereocenters. The van der Waals surface area contributed by atoms with Crippen LogP contribution in [0.3, 0.4) is 0 Å². The van der Waals surface area contributed by atoms with E-state index in [-0.39, 0.29) is 28.1 Å². The minimum Gasteiger partial charge on any atom is -0.495 e. The number of anilines is 1. The second-order valence-corrected chi connectivity index (χ2v) is 12.4. The van der Waals surface area contributed by atoms with Crippen molar-refractivity contribution >= 4 is 55.1 Å². The van der Waals surface area contributed by atoms with Gasteiger partial charge in [0, 0.05) is 17.6 Å². The monoisotopic (exact) mass is 649 g/mol. The van der Waals surface area contributed by atoms with Crippen molar-refractivity contribution in [1.29, 1.82) is 0 Å². The number of hydrogen-bond donors (Lipinski definition) is 1. The van der Waals surface area contributed by atoms with E-state index in [9.17, 15) is 18.0 Å². The summed E-state index contributed by atoms with van der Waals surface area (Å²) >= 11 is 9.80. The maximum Gasteiger partial charge on any atom is 0.264 e. The van der Waals surface area contributed by atoms with Crippen molar-refractivity contribution in [3.8, 4) is 5.75 Å². The van der Waals surface area contributed by atoms with Gasteiger partial charge >= 0.3 is 0 Å². The summed E-state index contributed by atoms with van der Waals surface area (Å²) in [6.45, 7) is 5.41. The van der Waals surface area contributed by atoms with Gasteiger partial charge in [-0.1, -0.05) is 64.3 Å². The van der Waals surface area contributed by atoms with Crippen LogP contribution in [0.5, 0.6) is 5.75 Å². The Kier molecular flexibility index (Phi) is 11.0. The number of methoxy groups -OCH3 is 1. The fourth-order valence-corrected chi connectivity index (χ4v) is 6.09. The zero-order valence-electron chi connectivity index (χ0n) is 22.9. The number of nitrogens with zero attached hydrogens (tertiary/aromatic N) is 2. The second kappa shape index (κ2) is 14.0. The van der Waals surface area contributed by atoms with Gasteiger partial charge in [-0.3, -0.25) is 13.9 Å². The van der Waals surface area contributed by atoms with Gasteiger partial charge in [0.2, 0.25) is 11.8 Å². The second-order valence-electron chi connectivity index (χ2n) is 9.26. The molecular weight excluding hydrogens is 618 g/mol. The third-order valence-corrected chi connectivity index (χ3v) is 8.85. The van der Waals surface area contributed by atoms with Gasteiger partial charge in [-0.15, -0.1) is 0 Å². The topological polar surface area (TPSA) is 96.0 Å². The molecule has 0 aromatic heterocycles. The highest BCUT2D eigenvalue weighted by Crippen LogP contribution is 2.32. The molecule has 0 aliphatic rings. The van der Waals surface area contributed by atoms with Gasteiger partial charge in [0.15, 0.2) is 0 Å². The fourth-order valence-electron chi connectivity index (χ4n) is 3.99. The molecule has 0 saturated carbocycles. The van der Waals surface area contributed by atoms with Crippen LogP contribution in [0.4, 0.5) is 5.69 Å². The van der Waals surface area contributed by atoms with Gasteiger partial charge in [-0.2, -0.15) is 0 Å². The number of amides is 2. The highest BCUT2D eigenvalue weighted by atomic mass is 79.9. The Hall–Kier alpha value is -3.08. The molecule has 0 radical (unpaired) electrons. The lowest BCUT2D eigenvalue weighted by atomic mass is 10.1. The summed E-state index contributed by atoms with van der Waals surface area (Å²) in [4.78, 5) is 28.3. The van der Waals surface area contributed by atoms with Gasteiger partial charge in [0.25, 0.3) is 10.0 Å². The summed E-state index contributed by atoms with van der Waals surface area (Å²) in [6.07, 6.45) is 0.735. The number of hydrogen-bond acceptors (Lipinski definition) is 5. The molecule has 0 spiro atoms. The Morgan fingerprint density at radius 1 is 1.07 bits per heavy atom. The van der Waals surface area contributed by atoms with Crippen LogP contribution in [0.15, 0.2) is 76.1 Å². The molecule has 0 heterocycles. The molecule has 0 aliphatic carbocycles. The van der Waals surface area contributed by atoms with Crippen molar-refractivity contribution in [2.24, 2.45) is 0 Å². The van der Waals surface area contributed by atoms with E-state index >= 15 is 0 Å². The predicted octanol–water partition coefficient (Wildman–Crippen LogP) is 5.56. The first-order chi connectivity index (χ1) is 19.0. The summed E-state index contributed by atoms with van der Waals surface area (Å²) in [6, 6.07) is 17.4. The molecule has 0 bridgehead atoms. The number of nitrogens with one attached hydrogen (secondary N) is 1. The van der Waals surface area contributed by atoms with Crippen LogP contribution in [0.25, 0.3) is 0 Å². The number of carbonyl (C=O) groups is 2. The van der Waals surface area contributed by atoms with Crippen LogP contribution in [0.2, 0.25) is 5.02 Å². The quantitative estimate of drug-likeness (QED) is 0.277. The van der Waals surface area contributed by atoms with Gasteiger partial charge in [-0.05, 0) is 68.3 Å². The molecule has 3 aromatic carbocycles. The van der Waals surface area contributed by atoms with Crippen molar-refractivity contribution in [3.63, 3.8) is 0 Å². The molecule has 1 N–H and O–H groups in total. The molecule has 40 heavy (non-hydrogen) atoms. The minimum absolute atomic E-state index is 0.0186. The van der Waals surface area contributed by atoms with E-state index in [0.717, 1.165) is 26.3 Å². The SMILES string of the molecule is CCCNC(=O)[C@@H](C)N(Cc1cccc(Br)c1)C(=O)CN(c1ccc(OC)c(Cl)c1)S(=O)(=O)c1ccc(C)cc1. The van der Waals surface area contributed by atoms with Crippen molar-refractivity contribution in [1.82, 2.24) is 10.2 Å². The highest BCUT2D eigenvalue weighted by molar-refractivity contribution is 9.10. The molecule has 3 rings (SSSR count). The third-order valence-electron chi connectivity index (χ3n) is 6.27. The summed E-state index contributed by atoms with van der Waals surface area (Å²) < 4.78 is 34.9. The summed E-state index contributed by atoms with van der Waals surface area (Å²) in [5.74, 6) is -0.519. The Morgan fingerprint density at radius 2 is 1.77 bits per heavy atom. The van der Waals surface area contributed by atoms with E-state index in [1.807, 2.05) is 38.1 Å². The Labute approximate surface area is 249 Å². The van der Waals surface area contributed by atoms with Gasteiger partial charge in [0.05, 0.1) is 22.7 Å². The van der Waals surface area contributed by atoms with E-state index < -0.39 is 28.5 Å². The number of benzene rings is 3. The van der Waals surface area contributed by atoms with E-state index in [2.05, 4.69) is 21.2 Å². The van der Waals surface area contributed by atoms with E-state index in [0.29, 0.717) is 12.3 Å². The third kappa shape index (κ3) is 7.77. The molecule has 2 amide bonds. The van der Waals surface area contributed by atoms with Crippen molar-refractivity contribution in [2.45, 2.75) is 44.7 Å². The van der Waals surface area contributed by atoms with Crippen molar-refractivity contribution in [3.05, 3.63) is 87.4 Å². The van der Waals surface area contributed by atoms with Crippen LogP contribution in [-0.2, 0) is 26.2 Å². The lowest BCUT2D eigenvalue weighted by Crippen LogP contribution is -2.51. The van der Waals surface area contributed by atoms with Crippen LogP contribution < -0.4 is 14.4 Å². The number of carbonyl (C=O) groups excluding carboxylic acids is 2. The van der Waals surface area contributed by atoms with Gasteiger partial charge in [-0.25, -0.2) is 8.42 Å². The summed E-state index contributed by atoms with van der Waals surface area (Å²) in [5, 5.41) is 3.02. The summed E-state index contributed by atoms with van der Waals surface area (Å²) in [5.41, 5.74) is 1.85. The minimum atomic E-state index is -4.20. The molecule has 3 aromatic rings. The maximum atomic E-state index is 13.9. The zero-order chi connectivity index (χ0) is 29.4. The molecule has 8 nitrogen and oxygen atoms in total. The lowest BCUT2D eigenvalue weighted by Gasteiger charge is -2.32. The van der Waals surface area contributed by atoms with Gasteiger partial charge < -0.3 is 15.0 Å². The molecule has 0 unspecified atom stereocenters. The number of rotatable bonds is 12. The number of sulfonamides is 1. The number of halogens is 2. The van der Waals surface area contributed by atoms with Crippen molar-refractivity contribution in [2.75, 3.05) is 24.5 Å². The average Bonchev–Trinajstić information content (AvgIpc) is 2.93. The molecule has 0 fully saturated rings.